The first kappa shape index (κ1) is 14.9. The van der Waals surface area contributed by atoms with Crippen molar-refractivity contribution in [3.8, 4) is 0 Å². The summed E-state index contributed by atoms with van der Waals surface area (Å²) in [6.07, 6.45) is 2.60. The van der Waals surface area contributed by atoms with E-state index >= 15 is 0 Å². The molecule has 1 aromatic heterocycles. The summed E-state index contributed by atoms with van der Waals surface area (Å²) in [6, 6.07) is 9.43. The van der Waals surface area contributed by atoms with E-state index in [4.69, 9.17) is 4.42 Å². The summed E-state index contributed by atoms with van der Waals surface area (Å²) in [5.41, 5.74) is 0.977. The number of nitrogens with one attached hydrogen (secondary N) is 3. The molecular formula is C13H15N3O4S. The number of sulfonamides is 1. The van der Waals surface area contributed by atoms with Crippen molar-refractivity contribution in [2.24, 2.45) is 0 Å². The number of furan rings is 1. The Morgan fingerprint density at radius 3 is 2.38 bits per heavy atom. The number of urea groups is 1. The molecule has 21 heavy (non-hydrogen) atoms. The molecule has 7 nitrogen and oxygen atoms in total. The number of benzene rings is 1. The molecule has 0 saturated heterocycles. The van der Waals surface area contributed by atoms with Crippen LogP contribution in [0.2, 0.25) is 0 Å². The van der Waals surface area contributed by atoms with E-state index in [2.05, 4.69) is 15.4 Å². The highest BCUT2D eigenvalue weighted by Crippen LogP contribution is 2.14. The van der Waals surface area contributed by atoms with Gasteiger partial charge in [-0.15, -0.1) is 0 Å². The molecule has 0 atom stereocenters. The topological polar surface area (TPSA) is 100 Å². The van der Waals surface area contributed by atoms with Gasteiger partial charge >= 0.3 is 6.03 Å². The van der Waals surface area contributed by atoms with E-state index in [1.165, 1.54) is 6.26 Å². The molecule has 1 heterocycles. The van der Waals surface area contributed by atoms with Crippen molar-refractivity contribution < 1.29 is 17.6 Å². The quantitative estimate of drug-likeness (QED) is 0.786. The molecule has 0 unspecified atom stereocenters. The number of anilines is 2. The number of hydrogen-bond donors (Lipinski definition) is 3. The van der Waals surface area contributed by atoms with Crippen molar-refractivity contribution in [2.75, 3.05) is 16.3 Å². The Morgan fingerprint density at radius 2 is 1.81 bits per heavy atom. The van der Waals surface area contributed by atoms with Gasteiger partial charge in [0.2, 0.25) is 10.0 Å². The second-order valence-corrected chi connectivity index (χ2v) is 6.09. The van der Waals surface area contributed by atoms with Crippen LogP contribution in [0.1, 0.15) is 5.76 Å². The maximum Gasteiger partial charge on any atom is 0.319 e. The molecule has 1 aromatic carbocycles. The maximum absolute atomic E-state index is 11.6. The van der Waals surface area contributed by atoms with Crippen LogP contribution in [0.4, 0.5) is 16.2 Å². The highest BCUT2D eigenvalue weighted by Gasteiger charge is 2.04. The zero-order valence-corrected chi connectivity index (χ0v) is 12.1. The zero-order chi connectivity index (χ0) is 15.3. The third-order valence-corrected chi connectivity index (χ3v) is 3.06. The standard InChI is InChI=1S/C13H15N3O4S/c1-21(18,19)16-11-6-4-10(5-7-11)15-13(17)14-9-12-3-2-8-20-12/h2-8,16H,9H2,1H3,(H2,14,15,17). The maximum atomic E-state index is 11.6. The molecule has 8 heteroatoms. The van der Waals surface area contributed by atoms with Crippen LogP contribution in [0.3, 0.4) is 0 Å². The molecule has 0 aliphatic rings. The van der Waals surface area contributed by atoms with Gasteiger partial charge in [0.15, 0.2) is 0 Å². The number of rotatable bonds is 5. The summed E-state index contributed by atoms with van der Waals surface area (Å²) in [6.45, 7) is 0.284. The predicted octanol–water partition coefficient (Wildman–Crippen LogP) is 1.97. The van der Waals surface area contributed by atoms with E-state index in [9.17, 15) is 13.2 Å². The molecule has 0 radical (unpaired) electrons. The second kappa shape index (κ2) is 6.31. The highest BCUT2D eigenvalue weighted by atomic mass is 32.2. The van der Waals surface area contributed by atoms with Crippen molar-refractivity contribution >= 4 is 27.4 Å². The molecule has 2 rings (SSSR count). The van der Waals surface area contributed by atoms with E-state index in [1.54, 1.807) is 36.4 Å². The molecule has 112 valence electrons. The Kier molecular flexibility index (Phi) is 4.49. The van der Waals surface area contributed by atoms with Crippen molar-refractivity contribution in [3.63, 3.8) is 0 Å². The van der Waals surface area contributed by atoms with E-state index in [1.807, 2.05) is 0 Å². The Hall–Kier alpha value is -2.48. The van der Waals surface area contributed by atoms with Crippen LogP contribution in [0.5, 0.6) is 0 Å². The summed E-state index contributed by atoms with van der Waals surface area (Å²) in [4.78, 5) is 11.6. The summed E-state index contributed by atoms with van der Waals surface area (Å²) < 4.78 is 29.5. The van der Waals surface area contributed by atoms with Crippen molar-refractivity contribution in [2.45, 2.75) is 6.54 Å². The summed E-state index contributed by atoms with van der Waals surface area (Å²) >= 11 is 0. The van der Waals surface area contributed by atoms with Gasteiger partial charge in [-0.1, -0.05) is 0 Å². The third kappa shape index (κ3) is 5.19. The molecule has 0 aliphatic heterocycles. The van der Waals surface area contributed by atoms with Crippen LogP contribution in [0, 0.1) is 0 Å². The number of amides is 2. The minimum atomic E-state index is -3.31. The fraction of sp³-hybridized carbons (Fsp3) is 0.154. The molecular weight excluding hydrogens is 294 g/mol. The molecule has 0 spiro atoms. The lowest BCUT2D eigenvalue weighted by molar-refractivity contribution is 0.251. The van der Waals surface area contributed by atoms with Gasteiger partial charge < -0.3 is 15.1 Å². The highest BCUT2D eigenvalue weighted by molar-refractivity contribution is 7.92. The van der Waals surface area contributed by atoms with Gasteiger partial charge in [0.05, 0.1) is 19.1 Å². The first-order valence-electron chi connectivity index (χ1n) is 6.07. The lowest BCUT2D eigenvalue weighted by atomic mass is 10.3. The number of hydrogen-bond acceptors (Lipinski definition) is 4. The van der Waals surface area contributed by atoms with Crippen LogP contribution in [0.25, 0.3) is 0 Å². The lowest BCUT2D eigenvalue weighted by Crippen LogP contribution is -2.27. The largest absolute Gasteiger partial charge is 0.467 e. The zero-order valence-electron chi connectivity index (χ0n) is 11.3. The molecule has 2 amide bonds. The first-order valence-corrected chi connectivity index (χ1v) is 7.96. The predicted molar refractivity (Wildman–Crippen MR) is 79.5 cm³/mol. The van der Waals surface area contributed by atoms with Crippen LogP contribution < -0.4 is 15.4 Å². The normalized spacial score (nSPS) is 10.9. The molecule has 3 N–H and O–H groups in total. The Bertz CT molecular complexity index is 694. The lowest BCUT2D eigenvalue weighted by Gasteiger charge is -2.08. The van der Waals surface area contributed by atoms with Crippen LogP contribution in [0.15, 0.2) is 47.1 Å². The van der Waals surface area contributed by atoms with Crippen LogP contribution in [-0.4, -0.2) is 20.7 Å². The molecule has 0 fully saturated rings. The van der Waals surface area contributed by atoms with Gasteiger partial charge in [0.25, 0.3) is 0 Å². The summed E-state index contributed by atoms with van der Waals surface area (Å²) in [7, 11) is -3.31. The minimum absolute atomic E-state index is 0.284. The average Bonchev–Trinajstić information content (AvgIpc) is 2.90. The van der Waals surface area contributed by atoms with Crippen molar-refractivity contribution in [1.82, 2.24) is 5.32 Å². The summed E-state index contributed by atoms with van der Waals surface area (Å²) in [5, 5.41) is 5.26. The van der Waals surface area contributed by atoms with Gasteiger partial charge in [0, 0.05) is 11.4 Å². The van der Waals surface area contributed by atoms with Crippen molar-refractivity contribution in [3.05, 3.63) is 48.4 Å². The number of carbonyl (C=O) groups is 1. The smallest absolute Gasteiger partial charge is 0.319 e. The molecule has 2 aromatic rings. The molecule has 0 aliphatic carbocycles. The Balaban J connectivity index is 1.86. The minimum Gasteiger partial charge on any atom is -0.467 e. The van der Waals surface area contributed by atoms with Gasteiger partial charge in [-0.05, 0) is 36.4 Å². The summed E-state index contributed by atoms with van der Waals surface area (Å²) in [5.74, 6) is 0.651. The number of carbonyl (C=O) groups excluding carboxylic acids is 1. The molecule has 0 bridgehead atoms. The first-order chi connectivity index (χ1) is 9.92. The Morgan fingerprint density at radius 1 is 1.14 bits per heavy atom. The Labute approximate surface area is 122 Å². The SMILES string of the molecule is CS(=O)(=O)Nc1ccc(NC(=O)NCc2ccco2)cc1. The van der Waals surface area contributed by atoms with Gasteiger partial charge in [0.1, 0.15) is 5.76 Å². The second-order valence-electron chi connectivity index (χ2n) is 4.34. The van der Waals surface area contributed by atoms with E-state index in [0.29, 0.717) is 17.1 Å². The monoisotopic (exact) mass is 309 g/mol. The van der Waals surface area contributed by atoms with Gasteiger partial charge in [-0.25, -0.2) is 13.2 Å². The van der Waals surface area contributed by atoms with Crippen LogP contribution >= 0.6 is 0 Å². The third-order valence-electron chi connectivity index (χ3n) is 2.45. The fourth-order valence-electron chi connectivity index (χ4n) is 1.59. The average molecular weight is 309 g/mol. The molecule has 0 saturated carbocycles. The van der Waals surface area contributed by atoms with E-state index in [0.717, 1.165) is 6.26 Å². The fourth-order valence-corrected chi connectivity index (χ4v) is 2.16. The van der Waals surface area contributed by atoms with Crippen molar-refractivity contribution in [1.29, 1.82) is 0 Å². The van der Waals surface area contributed by atoms with Gasteiger partial charge in [-0.2, -0.15) is 0 Å². The van der Waals surface area contributed by atoms with Gasteiger partial charge in [-0.3, -0.25) is 4.72 Å². The van der Waals surface area contributed by atoms with E-state index in [-0.39, 0.29) is 12.6 Å². The van der Waals surface area contributed by atoms with Crippen LogP contribution in [-0.2, 0) is 16.6 Å². The van der Waals surface area contributed by atoms with E-state index < -0.39 is 10.0 Å².